The Morgan fingerprint density at radius 3 is 2.32 bits per heavy atom. The van der Waals surface area contributed by atoms with Gasteiger partial charge in [-0.25, -0.2) is 4.39 Å². The van der Waals surface area contributed by atoms with Crippen molar-refractivity contribution < 1.29 is 13.9 Å². The summed E-state index contributed by atoms with van der Waals surface area (Å²) in [5, 5.41) is 0. The summed E-state index contributed by atoms with van der Waals surface area (Å²) in [4.78, 5) is 11.2. The molecule has 1 aromatic carbocycles. The van der Waals surface area contributed by atoms with Crippen molar-refractivity contribution in [3.63, 3.8) is 0 Å². The number of carbonyl (C=O) groups excluding carboxylic acids is 1. The standard InChI is InChI=1S/C16H19FO2/c1-12(18)19-16-8-5-15(6-9-16,7-10-16)13-3-2-4-14(17)11-13/h2-4,11H,5-10H2,1H3. The van der Waals surface area contributed by atoms with Crippen LogP contribution < -0.4 is 0 Å². The van der Waals surface area contributed by atoms with Gasteiger partial charge in [-0.05, 0) is 61.6 Å². The molecule has 0 amide bonds. The average molecular weight is 262 g/mol. The fourth-order valence-electron chi connectivity index (χ4n) is 3.86. The lowest BCUT2D eigenvalue weighted by atomic mass is 9.56. The summed E-state index contributed by atoms with van der Waals surface area (Å²) in [7, 11) is 0. The highest BCUT2D eigenvalue weighted by Gasteiger charge is 2.51. The minimum Gasteiger partial charge on any atom is -0.459 e. The highest BCUT2D eigenvalue weighted by atomic mass is 19.1. The molecule has 3 fully saturated rings. The molecule has 2 nitrogen and oxygen atoms in total. The Labute approximate surface area is 113 Å². The van der Waals surface area contributed by atoms with E-state index in [-0.39, 0.29) is 22.8 Å². The first-order valence-electron chi connectivity index (χ1n) is 6.99. The first-order valence-corrected chi connectivity index (χ1v) is 6.99. The lowest BCUT2D eigenvalue weighted by molar-refractivity contribution is -0.169. The summed E-state index contributed by atoms with van der Waals surface area (Å²) in [6.45, 7) is 1.48. The first-order chi connectivity index (χ1) is 9.04. The van der Waals surface area contributed by atoms with Gasteiger partial charge in [0.15, 0.2) is 0 Å². The van der Waals surface area contributed by atoms with Crippen molar-refractivity contribution in [2.75, 3.05) is 0 Å². The minimum absolute atomic E-state index is 0.101. The van der Waals surface area contributed by atoms with Crippen molar-refractivity contribution in [2.24, 2.45) is 0 Å². The van der Waals surface area contributed by atoms with Gasteiger partial charge in [0.1, 0.15) is 11.4 Å². The number of halogens is 1. The maximum absolute atomic E-state index is 13.4. The lowest BCUT2D eigenvalue weighted by Crippen LogP contribution is -2.50. The topological polar surface area (TPSA) is 26.3 Å². The molecule has 0 N–H and O–H groups in total. The van der Waals surface area contributed by atoms with E-state index in [1.807, 2.05) is 6.07 Å². The molecule has 0 spiro atoms. The van der Waals surface area contributed by atoms with Crippen molar-refractivity contribution in [2.45, 2.75) is 56.5 Å². The van der Waals surface area contributed by atoms with Crippen LogP contribution in [-0.4, -0.2) is 11.6 Å². The number of rotatable bonds is 2. The fraction of sp³-hybridized carbons (Fsp3) is 0.562. The second kappa shape index (κ2) is 4.32. The van der Waals surface area contributed by atoms with Gasteiger partial charge >= 0.3 is 5.97 Å². The Hall–Kier alpha value is -1.38. The Balaban J connectivity index is 1.83. The molecular weight excluding hydrogens is 243 g/mol. The Bertz CT molecular complexity index is 485. The maximum atomic E-state index is 13.4. The van der Waals surface area contributed by atoms with E-state index in [9.17, 15) is 9.18 Å². The van der Waals surface area contributed by atoms with E-state index in [4.69, 9.17) is 4.74 Å². The maximum Gasteiger partial charge on any atom is 0.303 e. The Morgan fingerprint density at radius 1 is 1.16 bits per heavy atom. The van der Waals surface area contributed by atoms with Gasteiger partial charge in [-0.2, -0.15) is 0 Å². The summed E-state index contributed by atoms with van der Waals surface area (Å²) < 4.78 is 19.0. The van der Waals surface area contributed by atoms with Crippen molar-refractivity contribution in [3.8, 4) is 0 Å². The van der Waals surface area contributed by atoms with Crippen LogP contribution in [0.25, 0.3) is 0 Å². The molecule has 0 saturated heterocycles. The largest absolute Gasteiger partial charge is 0.459 e. The van der Waals surface area contributed by atoms with Gasteiger partial charge in [-0.3, -0.25) is 4.79 Å². The van der Waals surface area contributed by atoms with Gasteiger partial charge in [0.25, 0.3) is 0 Å². The molecule has 1 aromatic rings. The van der Waals surface area contributed by atoms with Gasteiger partial charge in [-0.1, -0.05) is 12.1 Å². The number of benzene rings is 1. The molecule has 0 aliphatic heterocycles. The molecule has 3 aliphatic rings. The van der Waals surface area contributed by atoms with Gasteiger partial charge in [0.2, 0.25) is 0 Å². The number of hydrogen-bond donors (Lipinski definition) is 0. The molecule has 0 radical (unpaired) electrons. The highest BCUT2D eigenvalue weighted by Crippen LogP contribution is 2.55. The second-order valence-corrected chi connectivity index (χ2v) is 6.07. The van der Waals surface area contributed by atoms with Crippen LogP contribution in [0.5, 0.6) is 0 Å². The van der Waals surface area contributed by atoms with Crippen LogP contribution in [0.1, 0.15) is 51.0 Å². The molecule has 19 heavy (non-hydrogen) atoms. The molecule has 102 valence electrons. The highest BCUT2D eigenvalue weighted by molar-refractivity contribution is 5.66. The van der Waals surface area contributed by atoms with Crippen LogP contribution >= 0.6 is 0 Å². The van der Waals surface area contributed by atoms with E-state index < -0.39 is 0 Å². The average Bonchev–Trinajstić information content (AvgIpc) is 2.39. The number of esters is 1. The normalized spacial score (nSPS) is 33.2. The predicted molar refractivity (Wildman–Crippen MR) is 70.3 cm³/mol. The SMILES string of the molecule is CC(=O)OC12CCC(c3cccc(F)c3)(CC1)CC2. The van der Waals surface area contributed by atoms with Gasteiger partial charge in [0, 0.05) is 6.92 Å². The summed E-state index contributed by atoms with van der Waals surface area (Å²) in [6, 6.07) is 6.99. The third-order valence-corrected chi connectivity index (χ3v) is 4.97. The van der Waals surface area contributed by atoms with Crippen molar-refractivity contribution in [3.05, 3.63) is 35.6 Å². The van der Waals surface area contributed by atoms with Gasteiger partial charge < -0.3 is 4.74 Å². The molecule has 0 aromatic heterocycles. The van der Waals surface area contributed by atoms with Crippen LogP contribution in [-0.2, 0) is 14.9 Å². The molecule has 0 heterocycles. The molecule has 0 atom stereocenters. The summed E-state index contributed by atoms with van der Waals surface area (Å²) in [6.07, 6.45) is 5.69. The Morgan fingerprint density at radius 2 is 1.79 bits per heavy atom. The number of hydrogen-bond acceptors (Lipinski definition) is 2. The van der Waals surface area contributed by atoms with Crippen LogP contribution in [0, 0.1) is 5.82 Å². The quantitative estimate of drug-likeness (QED) is 0.759. The fourth-order valence-corrected chi connectivity index (χ4v) is 3.86. The van der Waals surface area contributed by atoms with E-state index in [2.05, 4.69) is 0 Å². The molecule has 2 bridgehead atoms. The summed E-state index contributed by atoms with van der Waals surface area (Å²) in [5.74, 6) is -0.338. The van der Waals surface area contributed by atoms with Crippen molar-refractivity contribution >= 4 is 5.97 Å². The number of ether oxygens (including phenoxy) is 1. The van der Waals surface area contributed by atoms with Crippen molar-refractivity contribution in [1.82, 2.24) is 0 Å². The lowest BCUT2D eigenvalue weighted by Gasteiger charge is -2.52. The van der Waals surface area contributed by atoms with E-state index in [0.29, 0.717) is 0 Å². The monoisotopic (exact) mass is 262 g/mol. The smallest absolute Gasteiger partial charge is 0.303 e. The molecule has 0 unspecified atom stereocenters. The van der Waals surface area contributed by atoms with Crippen LogP contribution in [0.15, 0.2) is 24.3 Å². The zero-order chi connectivity index (χ0) is 13.5. The summed E-state index contributed by atoms with van der Waals surface area (Å²) in [5.41, 5.74) is 0.980. The van der Waals surface area contributed by atoms with E-state index >= 15 is 0 Å². The third kappa shape index (κ3) is 2.15. The van der Waals surface area contributed by atoms with E-state index in [1.165, 1.54) is 13.0 Å². The molecule has 3 heteroatoms. The third-order valence-electron chi connectivity index (χ3n) is 4.97. The zero-order valence-electron chi connectivity index (χ0n) is 11.2. The zero-order valence-corrected chi connectivity index (χ0v) is 11.2. The first kappa shape index (κ1) is 12.6. The summed E-state index contributed by atoms with van der Waals surface area (Å²) >= 11 is 0. The minimum atomic E-state index is -0.235. The van der Waals surface area contributed by atoms with Crippen LogP contribution in [0.4, 0.5) is 4.39 Å². The second-order valence-electron chi connectivity index (χ2n) is 6.07. The molecule has 3 aliphatic carbocycles. The van der Waals surface area contributed by atoms with Gasteiger partial charge in [-0.15, -0.1) is 0 Å². The predicted octanol–water partition coefficient (Wildman–Crippen LogP) is 3.73. The van der Waals surface area contributed by atoms with Crippen LogP contribution in [0.2, 0.25) is 0 Å². The van der Waals surface area contributed by atoms with Crippen molar-refractivity contribution in [1.29, 1.82) is 0 Å². The van der Waals surface area contributed by atoms with E-state index in [0.717, 1.165) is 44.1 Å². The Kier molecular flexibility index (Phi) is 2.88. The van der Waals surface area contributed by atoms with Crippen LogP contribution in [0.3, 0.4) is 0 Å². The molecule has 3 saturated carbocycles. The number of fused-ring (bicyclic) bond motifs is 3. The molecule has 4 rings (SSSR count). The molecular formula is C16H19FO2. The van der Waals surface area contributed by atoms with E-state index in [1.54, 1.807) is 12.1 Å². The number of carbonyl (C=O) groups is 1. The van der Waals surface area contributed by atoms with Gasteiger partial charge in [0.05, 0.1) is 0 Å².